The van der Waals surface area contributed by atoms with E-state index < -0.39 is 21.7 Å². The van der Waals surface area contributed by atoms with Crippen molar-refractivity contribution in [3.8, 4) is 0 Å². The zero-order valence-electron chi connectivity index (χ0n) is 17.6. The standard InChI is InChI=1S/C22H20F3N3O3S2/c1-14-21(32-20(26-14)12-15-2-4-16(23)5-3-15)22(29)27-8-10-28(11-9-27)33(30,31)17-6-7-18(24)19(25)13-17/h2-7,13H,8-12H2,1H3. The average molecular weight is 496 g/mol. The lowest BCUT2D eigenvalue weighted by Gasteiger charge is -2.33. The number of amides is 1. The molecule has 2 heterocycles. The molecule has 1 fully saturated rings. The van der Waals surface area contributed by atoms with Crippen molar-refractivity contribution < 1.29 is 26.4 Å². The number of benzene rings is 2. The third kappa shape index (κ3) is 4.94. The van der Waals surface area contributed by atoms with Gasteiger partial charge in [-0.3, -0.25) is 4.79 Å². The molecule has 0 aliphatic carbocycles. The fourth-order valence-electron chi connectivity index (χ4n) is 3.56. The highest BCUT2D eigenvalue weighted by molar-refractivity contribution is 7.89. The summed E-state index contributed by atoms with van der Waals surface area (Å²) in [6, 6.07) is 8.53. The third-order valence-corrected chi connectivity index (χ3v) is 8.40. The van der Waals surface area contributed by atoms with E-state index in [1.165, 1.54) is 23.5 Å². The summed E-state index contributed by atoms with van der Waals surface area (Å²) < 4.78 is 66.4. The maximum absolute atomic E-state index is 13.5. The van der Waals surface area contributed by atoms with Crippen molar-refractivity contribution >= 4 is 27.3 Å². The van der Waals surface area contributed by atoms with Crippen LogP contribution in [-0.4, -0.2) is 54.7 Å². The van der Waals surface area contributed by atoms with Crippen LogP contribution in [0.4, 0.5) is 13.2 Å². The Labute approximate surface area is 193 Å². The summed E-state index contributed by atoms with van der Waals surface area (Å²) in [7, 11) is -4.00. The molecule has 2 aromatic carbocycles. The first-order valence-electron chi connectivity index (χ1n) is 10.1. The van der Waals surface area contributed by atoms with Crippen molar-refractivity contribution in [2.45, 2.75) is 18.2 Å². The number of nitrogens with zero attached hydrogens (tertiary/aromatic N) is 3. The Morgan fingerprint density at radius 1 is 1.00 bits per heavy atom. The number of rotatable bonds is 5. The average Bonchev–Trinajstić information content (AvgIpc) is 3.16. The molecule has 1 aliphatic rings. The Morgan fingerprint density at radius 2 is 1.67 bits per heavy atom. The second-order valence-electron chi connectivity index (χ2n) is 7.60. The molecule has 0 unspecified atom stereocenters. The van der Waals surface area contributed by atoms with Crippen molar-refractivity contribution in [2.24, 2.45) is 0 Å². The van der Waals surface area contributed by atoms with Crippen molar-refractivity contribution in [3.63, 3.8) is 0 Å². The van der Waals surface area contributed by atoms with Crippen LogP contribution in [0.3, 0.4) is 0 Å². The van der Waals surface area contributed by atoms with Gasteiger partial charge in [-0.05, 0) is 42.8 Å². The highest BCUT2D eigenvalue weighted by atomic mass is 32.2. The highest BCUT2D eigenvalue weighted by Crippen LogP contribution is 2.25. The second kappa shape index (κ2) is 9.24. The lowest BCUT2D eigenvalue weighted by molar-refractivity contribution is 0.0702. The van der Waals surface area contributed by atoms with Crippen molar-refractivity contribution in [1.82, 2.24) is 14.2 Å². The van der Waals surface area contributed by atoms with Crippen molar-refractivity contribution in [2.75, 3.05) is 26.2 Å². The van der Waals surface area contributed by atoms with E-state index in [-0.39, 0.29) is 42.8 Å². The fourth-order valence-corrected chi connectivity index (χ4v) is 6.07. The molecule has 1 amide bonds. The Kier molecular flexibility index (Phi) is 6.55. The second-order valence-corrected chi connectivity index (χ2v) is 10.6. The van der Waals surface area contributed by atoms with Gasteiger partial charge in [-0.15, -0.1) is 11.3 Å². The molecule has 1 saturated heterocycles. The first kappa shape index (κ1) is 23.4. The van der Waals surface area contributed by atoms with Gasteiger partial charge in [0, 0.05) is 32.6 Å². The van der Waals surface area contributed by atoms with Gasteiger partial charge in [-0.1, -0.05) is 12.1 Å². The number of sulfonamides is 1. The fraction of sp³-hybridized carbons (Fsp3) is 0.273. The molecular formula is C22H20F3N3O3S2. The molecule has 3 aromatic rings. The summed E-state index contributed by atoms with van der Waals surface area (Å²) in [5, 5.41) is 0.724. The molecule has 1 aliphatic heterocycles. The number of thiazole rings is 1. The van der Waals surface area contributed by atoms with E-state index in [0.29, 0.717) is 23.1 Å². The molecule has 4 rings (SSSR count). The number of hydrogen-bond acceptors (Lipinski definition) is 5. The number of aryl methyl sites for hydroxylation is 1. The first-order valence-corrected chi connectivity index (χ1v) is 12.4. The number of halogens is 3. The number of carbonyl (C=O) groups excluding carboxylic acids is 1. The lowest BCUT2D eigenvalue weighted by atomic mass is 10.1. The minimum atomic E-state index is -4.00. The maximum Gasteiger partial charge on any atom is 0.265 e. The van der Waals surface area contributed by atoms with Gasteiger partial charge in [0.25, 0.3) is 5.91 Å². The molecule has 0 saturated carbocycles. The molecule has 0 spiro atoms. The van der Waals surface area contributed by atoms with E-state index in [0.717, 1.165) is 27.0 Å². The van der Waals surface area contributed by atoms with E-state index in [1.807, 2.05) is 0 Å². The predicted molar refractivity (Wildman–Crippen MR) is 117 cm³/mol. The molecule has 0 atom stereocenters. The summed E-state index contributed by atoms with van der Waals surface area (Å²) in [6.07, 6.45) is 0.472. The Bertz CT molecular complexity index is 1290. The van der Waals surface area contributed by atoms with Gasteiger partial charge in [0.2, 0.25) is 10.0 Å². The molecule has 33 heavy (non-hydrogen) atoms. The summed E-state index contributed by atoms with van der Waals surface area (Å²) in [5.41, 5.74) is 1.46. The topological polar surface area (TPSA) is 70.6 Å². The first-order chi connectivity index (χ1) is 15.6. The van der Waals surface area contributed by atoms with Crippen LogP contribution in [0.1, 0.15) is 25.9 Å². The minimum Gasteiger partial charge on any atom is -0.335 e. The molecular weight excluding hydrogens is 475 g/mol. The molecule has 6 nitrogen and oxygen atoms in total. The van der Waals surface area contributed by atoms with E-state index in [1.54, 1.807) is 24.0 Å². The SMILES string of the molecule is Cc1nc(Cc2ccc(F)cc2)sc1C(=O)N1CCN(S(=O)(=O)c2ccc(F)c(F)c2)CC1. The van der Waals surface area contributed by atoms with Crippen LogP contribution in [0.15, 0.2) is 47.4 Å². The molecule has 1 aromatic heterocycles. The normalized spacial score (nSPS) is 15.1. The summed E-state index contributed by atoms with van der Waals surface area (Å²) in [5.74, 6) is -2.92. The van der Waals surface area contributed by atoms with Gasteiger partial charge in [-0.25, -0.2) is 26.6 Å². The molecule has 174 valence electrons. The monoisotopic (exact) mass is 495 g/mol. The van der Waals surface area contributed by atoms with Gasteiger partial charge in [0.1, 0.15) is 10.7 Å². The summed E-state index contributed by atoms with van der Waals surface area (Å²) in [4.78, 5) is 19.2. The van der Waals surface area contributed by atoms with Crippen molar-refractivity contribution in [1.29, 1.82) is 0 Å². The third-order valence-electron chi connectivity index (χ3n) is 5.36. The summed E-state index contributed by atoms with van der Waals surface area (Å²) in [6.45, 7) is 2.13. The Hall–Kier alpha value is -2.76. The van der Waals surface area contributed by atoms with Crippen LogP contribution >= 0.6 is 11.3 Å². The lowest BCUT2D eigenvalue weighted by Crippen LogP contribution is -2.50. The number of piperazine rings is 1. The quantitative estimate of drug-likeness (QED) is 0.542. The van der Waals surface area contributed by atoms with Crippen LogP contribution in [0, 0.1) is 24.4 Å². The predicted octanol–water partition coefficient (Wildman–Crippen LogP) is 3.61. The molecule has 0 bridgehead atoms. The zero-order chi connectivity index (χ0) is 23.8. The molecule has 0 N–H and O–H groups in total. The van der Waals surface area contributed by atoms with E-state index >= 15 is 0 Å². The zero-order valence-corrected chi connectivity index (χ0v) is 19.2. The van der Waals surface area contributed by atoms with E-state index in [4.69, 9.17) is 0 Å². The number of carbonyl (C=O) groups is 1. The van der Waals surface area contributed by atoms with Gasteiger partial charge in [-0.2, -0.15) is 4.31 Å². The smallest absolute Gasteiger partial charge is 0.265 e. The van der Waals surface area contributed by atoms with E-state index in [9.17, 15) is 26.4 Å². The van der Waals surface area contributed by atoms with Crippen molar-refractivity contribution in [3.05, 3.63) is 81.1 Å². The van der Waals surface area contributed by atoms with Gasteiger partial charge in [0.05, 0.1) is 15.6 Å². The minimum absolute atomic E-state index is 0.0351. The van der Waals surface area contributed by atoms with Crippen LogP contribution in [0.5, 0.6) is 0 Å². The van der Waals surface area contributed by atoms with Gasteiger partial charge in [0.15, 0.2) is 11.6 Å². The van der Waals surface area contributed by atoms with Gasteiger partial charge < -0.3 is 4.90 Å². The summed E-state index contributed by atoms with van der Waals surface area (Å²) >= 11 is 1.26. The highest BCUT2D eigenvalue weighted by Gasteiger charge is 2.32. The molecule has 0 radical (unpaired) electrons. The Balaban J connectivity index is 1.42. The van der Waals surface area contributed by atoms with Crippen LogP contribution in [0.25, 0.3) is 0 Å². The largest absolute Gasteiger partial charge is 0.335 e. The van der Waals surface area contributed by atoms with Gasteiger partial charge >= 0.3 is 0 Å². The van der Waals surface area contributed by atoms with Crippen LogP contribution in [0.2, 0.25) is 0 Å². The van der Waals surface area contributed by atoms with Crippen LogP contribution in [-0.2, 0) is 16.4 Å². The number of aromatic nitrogens is 1. The maximum atomic E-state index is 13.5. The Morgan fingerprint density at radius 3 is 2.30 bits per heavy atom. The number of hydrogen-bond donors (Lipinski definition) is 0. The van der Waals surface area contributed by atoms with Crippen LogP contribution < -0.4 is 0 Å². The van der Waals surface area contributed by atoms with E-state index in [2.05, 4.69) is 4.98 Å². The molecule has 11 heteroatoms.